The van der Waals surface area contributed by atoms with Gasteiger partial charge in [0.05, 0.1) is 17.9 Å². The van der Waals surface area contributed by atoms with E-state index < -0.39 is 17.5 Å². The molecule has 0 fully saturated rings. The van der Waals surface area contributed by atoms with Gasteiger partial charge in [-0.25, -0.2) is 9.59 Å². The highest BCUT2D eigenvalue weighted by Gasteiger charge is 2.29. The molecule has 27 heavy (non-hydrogen) atoms. The van der Waals surface area contributed by atoms with E-state index in [4.69, 9.17) is 9.47 Å². The van der Waals surface area contributed by atoms with Gasteiger partial charge in [0, 0.05) is 5.56 Å². The Morgan fingerprint density at radius 3 is 2.30 bits per heavy atom. The van der Waals surface area contributed by atoms with Gasteiger partial charge in [0.15, 0.2) is 6.29 Å². The number of rotatable bonds is 7. The first kappa shape index (κ1) is 20.4. The van der Waals surface area contributed by atoms with Gasteiger partial charge in [0.25, 0.3) is 0 Å². The molecule has 0 bridgehead atoms. The maximum atomic E-state index is 12.6. The lowest BCUT2D eigenvalue weighted by atomic mass is 10.00. The summed E-state index contributed by atoms with van der Waals surface area (Å²) in [6.07, 6.45) is 1.50. The minimum Gasteiger partial charge on any atom is -0.462 e. The number of hydrogen-bond acceptors (Lipinski definition) is 5. The average molecular weight is 371 g/mol. The monoisotopic (exact) mass is 371 g/mol. The van der Waals surface area contributed by atoms with Crippen LogP contribution in [0.15, 0.2) is 30.3 Å². The Bertz CT molecular complexity index is 815. The van der Waals surface area contributed by atoms with Crippen LogP contribution in [0.3, 0.4) is 0 Å². The van der Waals surface area contributed by atoms with Gasteiger partial charge in [-0.15, -0.1) is 0 Å². The summed E-state index contributed by atoms with van der Waals surface area (Å²) >= 11 is 0. The number of aldehydes is 1. The molecule has 1 aromatic heterocycles. The Balaban J connectivity index is 2.46. The number of H-pyrrole nitrogens is 1. The maximum absolute atomic E-state index is 12.6. The Hall–Kier alpha value is -2.89. The van der Waals surface area contributed by atoms with Gasteiger partial charge in [0.2, 0.25) is 0 Å². The van der Waals surface area contributed by atoms with Crippen molar-refractivity contribution in [3.05, 3.63) is 58.4 Å². The van der Waals surface area contributed by atoms with Crippen LogP contribution in [-0.2, 0) is 22.3 Å². The molecule has 1 heterocycles. The Morgan fingerprint density at radius 1 is 1.07 bits per heavy atom. The predicted octanol–water partition coefficient (Wildman–Crippen LogP) is 3.74. The predicted molar refractivity (Wildman–Crippen MR) is 101 cm³/mol. The highest BCUT2D eigenvalue weighted by molar-refractivity contribution is 6.03. The van der Waals surface area contributed by atoms with E-state index in [1.54, 1.807) is 27.7 Å². The second-order valence-electron chi connectivity index (χ2n) is 7.09. The summed E-state index contributed by atoms with van der Waals surface area (Å²) in [6, 6.07) is 9.68. The number of benzene rings is 1. The molecule has 0 atom stereocenters. The lowest BCUT2D eigenvalue weighted by molar-refractivity contribution is 0.00623. The van der Waals surface area contributed by atoms with Gasteiger partial charge in [-0.3, -0.25) is 4.79 Å². The number of nitrogens with one attached hydrogen (secondary N) is 1. The highest BCUT2D eigenvalue weighted by atomic mass is 16.6. The van der Waals surface area contributed by atoms with E-state index in [1.807, 2.05) is 30.3 Å². The highest BCUT2D eigenvalue weighted by Crippen LogP contribution is 2.24. The fraction of sp³-hybridized carbons (Fsp3) is 0.381. The zero-order chi connectivity index (χ0) is 20.0. The smallest absolute Gasteiger partial charge is 0.355 e. The van der Waals surface area contributed by atoms with Crippen LogP contribution < -0.4 is 0 Å². The van der Waals surface area contributed by atoms with E-state index >= 15 is 0 Å². The third-order valence-corrected chi connectivity index (χ3v) is 3.84. The third kappa shape index (κ3) is 5.29. The summed E-state index contributed by atoms with van der Waals surface area (Å²) in [5.74, 6) is -1.24. The van der Waals surface area contributed by atoms with Crippen molar-refractivity contribution in [1.29, 1.82) is 0 Å². The van der Waals surface area contributed by atoms with Crippen molar-refractivity contribution in [2.45, 2.75) is 46.1 Å². The number of hydrogen-bond donors (Lipinski definition) is 1. The van der Waals surface area contributed by atoms with E-state index in [0.29, 0.717) is 24.7 Å². The molecule has 0 saturated heterocycles. The number of esters is 2. The van der Waals surface area contributed by atoms with Gasteiger partial charge in [-0.2, -0.15) is 0 Å². The van der Waals surface area contributed by atoms with Gasteiger partial charge in [-0.05, 0) is 46.1 Å². The SMILES string of the molecule is CCOC(=O)c1c(C=O)[nH]c(C(=O)OC(C)(C)C)c1CCc1ccccc1. The van der Waals surface area contributed by atoms with Crippen molar-refractivity contribution in [3.63, 3.8) is 0 Å². The summed E-state index contributed by atoms with van der Waals surface area (Å²) in [5, 5.41) is 0. The Labute approximate surface area is 158 Å². The van der Waals surface area contributed by atoms with Crippen LogP contribution in [-0.4, -0.2) is 35.4 Å². The summed E-state index contributed by atoms with van der Waals surface area (Å²) in [5.41, 5.74) is 1.03. The second kappa shape index (κ2) is 8.66. The van der Waals surface area contributed by atoms with Crippen LogP contribution >= 0.6 is 0 Å². The quantitative estimate of drug-likeness (QED) is 0.592. The van der Waals surface area contributed by atoms with Gasteiger partial charge in [-0.1, -0.05) is 30.3 Å². The largest absolute Gasteiger partial charge is 0.462 e. The molecular weight excluding hydrogens is 346 g/mol. The van der Waals surface area contributed by atoms with Crippen LogP contribution in [0, 0.1) is 0 Å². The summed E-state index contributed by atoms with van der Waals surface area (Å²) in [6.45, 7) is 7.12. The summed E-state index contributed by atoms with van der Waals surface area (Å²) in [7, 11) is 0. The van der Waals surface area contributed by atoms with Crippen molar-refractivity contribution in [1.82, 2.24) is 4.98 Å². The first-order valence-corrected chi connectivity index (χ1v) is 8.91. The summed E-state index contributed by atoms with van der Waals surface area (Å²) < 4.78 is 10.5. The van der Waals surface area contributed by atoms with Gasteiger partial charge >= 0.3 is 11.9 Å². The molecule has 0 aliphatic carbocycles. The fourth-order valence-corrected chi connectivity index (χ4v) is 2.75. The molecule has 0 aliphatic heterocycles. The van der Waals surface area contributed by atoms with Crippen molar-refractivity contribution >= 4 is 18.2 Å². The number of carbonyl (C=O) groups is 3. The van der Waals surface area contributed by atoms with Crippen molar-refractivity contribution < 1.29 is 23.9 Å². The number of carbonyl (C=O) groups excluding carboxylic acids is 3. The van der Waals surface area contributed by atoms with Crippen LogP contribution in [0.5, 0.6) is 0 Å². The van der Waals surface area contributed by atoms with Crippen LogP contribution in [0.25, 0.3) is 0 Å². The zero-order valence-corrected chi connectivity index (χ0v) is 16.1. The molecule has 1 N–H and O–H groups in total. The standard InChI is InChI=1S/C21H25NO5/c1-5-26-19(24)17-15(12-11-14-9-7-6-8-10-14)18(22-16(17)13-23)20(25)27-21(2,3)4/h6-10,13,22H,5,11-12H2,1-4H3. The first-order valence-electron chi connectivity index (χ1n) is 8.91. The first-order chi connectivity index (χ1) is 12.8. The number of ether oxygens (including phenoxy) is 2. The molecule has 0 saturated carbocycles. The number of aromatic amines is 1. The normalized spacial score (nSPS) is 11.1. The van der Waals surface area contributed by atoms with E-state index in [2.05, 4.69) is 4.98 Å². The van der Waals surface area contributed by atoms with Crippen LogP contribution in [0.2, 0.25) is 0 Å². The van der Waals surface area contributed by atoms with Crippen molar-refractivity contribution in [2.24, 2.45) is 0 Å². The third-order valence-electron chi connectivity index (χ3n) is 3.84. The van der Waals surface area contributed by atoms with Gasteiger partial charge < -0.3 is 14.5 Å². The van der Waals surface area contributed by atoms with E-state index in [-0.39, 0.29) is 23.6 Å². The van der Waals surface area contributed by atoms with E-state index in [9.17, 15) is 14.4 Å². The molecule has 144 valence electrons. The lowest BCUT2D eigenvalue weighted by Crippen LogP contribution is -2.25. The molecule has 1 aromatic carbocycles. The molecule has 2 rings (SSSR count). The molecule has 2 aromatic rings. The van der Waals surface area contributed by atoms with Gasteiger partial charge in [0.1, 0.15) is 11.3 Å². The number of aromatic nitrogens is 1. The van der Waals surface area contributed by atoms with Crippen LogP contribution in [0.4, 0.5) is 0 Å². The van der Waals surface area contributed by atoms with Crippen molar-refractivity contribution in [3.8, 4) is 0 Å². The Morgan fingerprint density at radius 2 is 1.74 bits per heavy atom. The molecule has 0 unspecified atom stereocenters. The molecule has 0 radical (unpaired) electrons. The molecule has 0 amide bonds. The molecule has 0 aliphatic rings. The average Bonchev–Trinajstić information content (AvgIpc) is 2.98. The molecule has 0 spiro atoms. The summed E-state index contributed by atoms with van der Waals surface area (Å²) in [4.78, 5) is 39.3. The lowest BCUT2D eigenvalue weighted by Gasteiger charge is -2.19. The van der Waals surface area contributed by atoms with E-state index in [1.165, 1.54) is 0 Å². The maximum Gasteiger partial charge on any atom is 0.355 e. The molecule has 6 heteroatoms. The zero-order valence-electron chi connectivity index (χ0n) is 16.1. The number of aryl methyl sites for hydroxylation is 1. The minimum atomic E-state index is -0.704. The second-order valence-corrected chi connectivity index (χ2v) is 7.09. The van der Waals surface area contributed by atoms with Crippen molar-refractivity contribution in [2.75, 3.05) is 6.61 Å². The van der Waals surface area contributed by atoms with E-state index in [0.717, 1.165) is 5.56 Å². The minimum absolute atomic E-state index is 0.0253. The fourth-order valence-electron chi connectivity index (χ4n) is 2.75. The molecule has 6 nitrogen and oxygen atoms in total. The van der Waals surface area contributed by atoms with Crippen LogP contribution in [0.1, 0.15) is 70.2 Å². The molecular formula is C21H25NO5. The Kier molecular flexibility index (Phi) is 6.55. The topological polar surface area (TPSA) is 85.5 Å².